The van der Waals surface area contributed by atoms with Crippen molar-refractivity contribution in [2.45, 2.75) is 32.8 Å². The van der Waals surface area contributed by atoms with Crippen LogP contribution in [0.2, 0.25) is 0 Å². The molecule has 0 unspecified atom stereocenters. The van der Waals surface area contributed by atoms with E-state index in [-0.39, 0.29) is 11.7 Å². The van der Waals surface area contributed by atoms with E-state index < -0.39 is 5.60 Å². The Balaban J connectivity index is 1.91. The number of amides is 1. The summed E-state index contributed by atoms with van der Waals surface area (Å²) in [6.45, 7) is 5.64. The molecule has 1 amide bonds. The van der Waals surface area contributed by atoms with Crippen molar-refractivity contribution in [1.29, 1.82) is 0 Å². The van der Waals surface area contributed by atoms with Crippen LogP contribution in [0.4, 0.5) is 5.69 Å². The third kappa shape index (κ3) is 4.97. The minimum Gasteiger partial charge on any atom is -0.496 e. The number of carbonyl (C=O) groups is 2. The number of ketones is 1. The van der Waals surface area contributed by atoms with Crippen molar-refractivity contribution in [3.63, 3.8) is 0 Å². The molecule has 1 N–H and O–H groups in total. The van der Waals surface area contributed by atoms with Crippen LogP contribution in [0.1, 0.15) is 48.7 Å². The third-order valence-corrected chi connectivity index (χ3v) is 4.90. The molecule has 0 bridgehead atoms. The van der Waals surface area contributed by atoms with Gasteiger partial charge >= 0.3 is 0 Å². The average Bonchev–Trinajstić information content (AvgIpc) is 2.75. The maximum atomic E-state index is 13.0. The molecular weight excluding hydrogens is 394 g/mol. The Morgan fingerprint density at radius 2 is 1.81 bits per heavy atom. The molecule has 0 radical (unpaired) electrons. The minimum absolute atomic E-state index is 0.117. The van der Waals surface area contributed by atoms with Crippen molar-refractivity contribution in [3.05, 3.63) is 59.2 Å². The summed E-state index contributed by atoms with van der Waals surface area (Å²) >= 11 is 0. The quantitative estimate of drug-likeness (QED) is 0.495. The Bertz CT molecular complexity index is 1070. The number of carbonyl (C=O) groups excluding carboxylic acids is 2. The van der Waals surface area contributed by atoms with Gasteiger partial charge in [-0.15, -0.1) is 0 Å². The zero-order valence-electron chi connectivity index (χ0n) is 18.4. The average molecular weight is 421 g/mol. The van der Waals surface area contributed by atoms with Crippen molar-refractivity contribution < 1.29 is 23.8 Å². The number of allylic oxidation sites excluding steroid dienone is 1. The summed E-state index contributed by atoms with van der Waals surface area (Å²) in [4.78, 5) is 24.8. The molecule has 6 nitrogen and oxygen atoms in total. The molecule has 0 spiro atoms. The van der Waals surface area contributed by atoms with Gasteiger partial charge in [0.15, 0.2) is 5.78 Å². The maximum Gasteiger partial charge on any atom is 0.224 e. The number of rotatable bonds is 7. The van der Waals surface area contributed by atoms with Gasteiger partial charge < -0.3 is 19.5 Å². The lowest BCUT2D eigenvalue weighted by atomic mass is 9.97. The monoisotopic (exact) mass is 421 g/mol. The molecule has 0 aromatic heterocycles. The number of anilines is 1. The number of nitrogens with one attached hydrogen (secondary N) is 1. The molecule has 1 heterocycles. The van der Waals surface area contributed by atoms with Crippen LogP contribution >= 0.6 is 0 Å². The van der Waals surface area contributed by atoms with Crippen LogP contribution in [0.25, 0.3) is 12.2 Å². The highest BCUT2D eigenvalue weighted by Crippen LogP contribution is 2.40. The van der Waals surface area contributed by atoms with Gasteiger partial charge in [0.25, 0.3) is 0 Å². The van der Waals surface area contributed by atoms with E-state index in [1.807, 2.05) is 32.1 Å². The summed E-state index contributed by atoms with van der Waals surface area (Å²) < 4.78 is 16.8. The number of methoxy groups -OCH3 is 2. The van der Waals surface area contributed by atoms with Gasteiger partial charge in [-0.1, -0.05) is 19.1 Å². The third-order valence-electron chi connectivity index (χ3n) is 4.90. The van der Waals surface area contributed by atoms with E-state index in [0.717, 1.165) is 11.1 Å². The summed E-state index contributed by atoms with van der Waals surface area (Å²) in [5, 5.41) is 2.81. The molecular formula is C25H27NO5. The molecule has 2 aromatic rings. The van der Waals surface area contributed by atoms with E-state index in [4.69, 9.17) is 14.2 Å². The highest BCUT2D eigenvalue weighted by Gasteiger charge is 2.27. The standard InChI is InChI=1S/C25H27NO5/c1-6-23(28)26-19-15-16(8-11-22(19)30-5)7-10-20(27)17-9-12-21(29-4)18-13-14-25(2,3)31-24(17)18/h7-15H,6H2,1-5H3,(H,26,28). The lowest BCUT2D eigenvalue weighted by molar-refractivity contribution is -0.115. The van der Waals surface area contributed by atoms with Gasteiger partial charge in [-0.3, -0.25) is 9.59 Å². The van der Waals surface area contributed by atoms with E-state index >= 15 is 0 Å². The summed E-state index contributed by atoms with van der Waals surface area (Å²) in [5.41, 5.74) is 1.98. The van der Waals surface area contributed by atoms with Crippen LogP contribution in [0.3, 0.4) is 0 Å². The van der Waals surface area contributed by atoms with Crippen molar-refractivity contribution >= 4 is 29.5 Å². The summed E-state index contributed by atoms with van der Waals surface area (Å²) in [5.74, 6) is 1.39. The number of ether oxygens (including phenoxy) is 3. The Morgan fingerprint density at radius 3 is 2.48 bits per heavy atom. The Hall–Kier alpha value is -3.54. The fraction of sp³-hybridized carbons (Fsp3) is 0.280. The topological polar surface area (TPSA) is 73.9 Å². The second-order valence-corrected chi connectivity index (χ2v) is 7.66. The molecule has 1 aliphatic rings. The fourth-order valence-corrected chi connectivity index (χ4v) is 3.23. The zero-order valence-corrected chi connectivity index (χ0v) is 18.4. The first-order chi connectivity index (χ1) is 14.8. The molecule has 162 valence electrons. The summed E-state index contributed by atoms with van der Waals surface area (Å²) in [7, 11) is 3.13. The highest BCUT2D eigenvalue weighted by molar-refractivity contribution is 6.09. The molecule has 31 heavy (non-hydrogen) atoms. The molecule has 0 aliphatic carbocycles. The first kappa shape index (κ1) is 22.2. The number of hydrogen-bond donors (Lipinski definition) is 1. The normalized spacial score (nSPS) is 14.0. The van der Waals surface area contributed by atoms with Crippen LogP contribution < -0.4 is 19.5 Å². The molecule has 0 saturated heterocycles. The van der Waals surface area contributed by atoms with Crippen molar-refractivity contribution in [1.82, 2.24) is 0 Å². The van der Waals surface area contributed by atoms with Crippen LogP contribution in [-0.2, 0) is 4.79 Å². The van der Waals surface area contributed by atoms with Crippen molar-refractivity contribution in [2.24, 2.45) is 0 Å². The number of fused-ring (bicyclic) bond motifs is 1. The fourth-order valence-electron chi connectivity index (χ4n) is 3.23. The predicted molar refractivity (Wildman–Crippen MR) is 122 cm³/mol. The molecule has 1 aliphatic heterocycles. The summed E-state index contributed by atoms with van der Waals surface area (Å²) in [6.07, 6.45) is 7.40. The molecule has 0 atom stereocenters. The van der Waals surface area contributed by atoms with Crippen molar-refractivity contribution in [2.75, 3.05) is 19.5 Å². The lowest BCUT2D eigenvalue weighted by Crippen LogP contribution is -2.28. The highest BCUT2D eigenvalue weighted by atomic mass is 16.5. The Morgan fingerprint density at radius 1 is 1.10 bits per heavy atom. The van der Waals surface area contributed by atoms with Gasteiger partial charge in [-0.05, 0) is 61.9 Å². The predicted octanol–water partition coefficient (Wildman–Crippen LogP) is 5.13. The Labute approximate surface area is 182 Å². The molecule has 0 fully saturated rings. The van der Waals surface area contributed by atoms with Gasteiger partial charge in [-0.2, -0.15) is 0 Å². The van der Waals surface area contributed by atoms with Gasteiger partial charge in [0.2, 0.25) is 5.91 Å². The SMILES string of the molecule is CCC(=O)Nc1cc(C=CC(=O)c2ccc(OC)c3c2OC(C)(C)C=C3)ccc1OC. The van der Waals surface area contributed by atoms with Crippen LogP contribution in [-0.4, -0.2) is 31.5 Å². The molecule has 3 rings (SSSR count). The second-order valence-electron chi connectivity index (χ2n) is 7.66. The summed E-state index contributed by atoms with van der Waals surface area (Å²) in [6, 6.07) is 8.80. The van der Waals surface area contributed by atoms with E-state index in [1.165, 1.54) is 6.08 Å². The first-order valence-corrected chi connectivity index (χ1v) is 10.1. The smallest absolute Gasteiger partial charge is 0.224 e. The van der Waals surface area contributed by atoms with Crippen molar-refractivity contribution in [3.8, 4) is 17.2 Å². The van der Waals surface area contributed by atoms with Gasteiger partial charge in [0.1, 0.15) is 22.8 Å². The Kier molecular flexibility index (Phi) is 6.49. The zero-order chi connectivity index (χ0) is 22.6. The van der Waals surface area contributed by atoms with E-state index in [9.17, 15) is 9.59 Å². The second kappa shape index (κ2) is 9.08. The molecule has 0 saturated carbocycles. The minimum atomic E-state index is -0.527. The number of benzene rings is 2. The van der Waals surface area contributed by atoms with Crippen LogP contribution in [0.5, 0.6) is 17.2 Å². The van der Waals surface area contributed by atoms with Gasteiger partial charge in [0.05, 0.1) is 31.0 Å². The van der Waals surface area contributed by atoms with Crippen LogP contribution in [0, 0.1) is 0 Å². The van der Waals surface area contributed by atoms with E-state index in [0.29, 0.717) is 34.9 Å². The van der Waals surface area contributed by atoms with E-state index in [2.05, 4.69) is 5.32 Å². The van der Waals surface area contributed by atoms with E-state index in [1.54, 1.807) is 51.5 Å². The van der Waals surface area contributed by atoms with Gasteiger partial charge in [-0.25, -0.2) is 0 Å². The maximum absolute atomic E-state index is 13.0. The lowest BCUT2D eigenvalue weighted by Gasteiger charge is -2.29. The van der Waals surface area contributed by atoms with Gasteiger partial charge in [0, 0.05) is 6.42 Å². The largest absolute Gasteiger partial charge is 0.496 e. The number of hydrogen-bond acceptors (Lipinski definition) is 5. The molecule has 6 heteroatoms. The first-order valence-electron chi connectivity index (χ1n) is 10.1. The molecule has 2 aromatic carbocycles. The van der Waals surface area contributed by atoms with Crippen LogP contribution in [0.15, 0.2) is 42.5 Å².